The van der Waals surface area contributed by atoms with Gasteiger partial charge in [-0.15, -0.1) is 0 Å². The van der Waals surface area contributed by atoms with Crippen molar-refractivity contribution >= 4 is 29.7 Å². The van der Waals surface area contributed by atoms with E-state index in [9.17, 15) is 0 Å². The fraction of sp³-hybridized carbons (Fsp3) is 1.00. The molecule has 1 saturated heterocycles. The normalized spacial score (nSPS) is 18.5. The van der Waals surface area contributed by atoms with Gasteiger partial charge >= 0.3 is 0 Å². The van der Waals surface area contributed by atoms with Gasteiger partial charge in [0.15, 0.2) is 0 Å². The lowest BCUT2D eigenvalue weighted by Gasteiger charge is -2.09. The van der Waals surface area contributed by atoms with Gasteiger partial charge in [-0.1, -0.05) is 12.2 Å². The Kier molecular flexibility index (Phi) is 6.85. The first-order valence-electron chi connectivity index (χ1n) is 2.94. The Balaban J connectivity index is 0.000000187. The van der Waals surface area contributed by atoms with Crippen LogP contribution in [0.15, 0.2) is 0 Å². The highest BCUT2D eigenvalue weighted by Crippen LogP contribution is 2.39. The van der Waals surface area contributed by atoms with E-state index < -0.39 is 5.69 Å². The van der Waals surface area contributed by atoms with Gasteiger partial charge in [0.25, 0.3) is 0 Å². The molecule has 0 bridgehead atoms. The molecule has 1 aliphatic heterocycles. The molecule has 0 spiro atoms. The first-order chi connectivity index (χ1) is 5.00. The largest absolute Gasteiger partial charge is 0.377 e. The van der Waals surface area contributed by atoms with Crippen LogP contribution in [0.2, 0.25) is 0 Å². The SMILES string of the molecule is C1COCCO1.OP(O)(=S)S. The molecule has 2 N–H and O–H groups in total. The molecule has 68 valence electrons. The molecule has 0 aromatic heterocycles. The second kappa shape index (κ2) is 6.37. The Hall–Kier alpha value is 0.840. The Morgan fingerprint density at radius 1 is 1.09 bits per heavy atom. The van der Waals surface area contributed by atoms with Crippen molar-refractivity contribution in [1.29, 1.82) is 0 Å². The topological polar surface area (TPSA) is 58.9 Å². The van der Waals surface area contributed by atoms with E-state index in [2.05, 4.69) is 24.1 Å². The van der Waals surface area contributed by atoms with E-state index in [-0.39, 0.29) is 0 Å². The zero-order chi connectivity index (χ0) is 8.74. The molecular formula is C4H11O4PS2. The van der Waals surface area contributed by atoms with E-state index in [1.165, 1.54) is 0 Å². The van der Waals surface area contributed by atoms with E-state index >= 15 is 0 Å². The molecule has 4 nitrogen and oxygen atoms in total. The van der Waals surface area contributed by atoms with Gasteiger partial charge in [-0.2, -0.15) is 0 Å². The quantitative estimate of drug-likeness (QED) is 0.399. The molecule has 0 aliphatic carbocycles. The van der Waals surface area contributed by atoms with Gasteiger partial charge in [0.05, 0.1) is 26.4 Å². The van der Waals surface area contributed by atoms with Gasteiger partial charge in [0.2, 0.25) is 5.69 Å². The van der Waals surface area contributed by atoms with Crippen LogP contribution in [0.3, 0.4) is 0 Å². The van der Waals surface area contributed by atoms with Crippen molar-refractivity contribution in [3.8, 4) is 0 Å². The van der Waals surface area contributed by atoms with Crippen molar-refractivity contribution < 1.29 is 19.3 Å². The molecule has 0 radical (unpaired) electrons. The lowest BCUT2D eigenvalue weighted by atomic mass is 10.6. The second-order valence-corrected chi connectivity index (χ2v) is 6.78. The molecule has 1 aliphatic rings. The monoisotopic (exact) mass is 218 g/mol. The molecular weight excluding hydrogens is 207 g/mol. The number of hydrogen-bond donors (Lipinski definition) is 3. The highest BCUT2D eigenvalue weighted by atomic mass is 32.9. The fourth-order valence-corrected chi connectivity index (χ4v) is 0.440. The van der Waals surface area contributed by atoms with Crippen molar-refractivity contribution in [2.75, 3.05) is 26.4 Å². The number of ether oxygens (including phenoxy) is 2. The fourth-order valence-electron chi connectivity index (χ4n) is 0.440. The van der Waals surface area contributed by atoms with Crippen molar-refractivity contribution in [3.05, 3.63) is 0 Å². The molecule has 11 heavy (non-hydrogen) atoms. The lowest BCUT2D eigenvalue weighted by Crippen LogP contribution is -2.16. The minimum atomic E-state index is -3.11. The molecule has 0 amide bonds. The van der Waals surface area contributed by atoms with E-state index in [1.54, 1.807) is 0 Å². The van der Waals surface area contributed by atoms with Gasteiger partial charge in [-0.05, 0) is 11.8 Å². The summed E-state index contributed by atoms with van der Waals surface area (Å²) in [5.41, 5.74) is -3.11. The molecule has 1 heterocycles. The van der Waals surface area contributed by atoms with Gasteiger partial charge < -0.3 is 19.3 Å². The maximum atomic E-state index is 7.87. The summed E-state index contributed by atoms with van der Waals surface area (Å²) in [7, 11) is 0. The third-order valence-corrected chi connectivity index (χ3v) is 0.744. The van der Waals surface area contributed by atoms with Crippen LogP contribution in [0, 0.1) is 0 Å². The lowest BCUT2D eigenvalue weighted by molar-refractivity contribution is -0.0334. The predicted molar refractivity (Wildman–Crippen MR) is 49.3 cm³/mol. The van der Waals surface area contributed by atoms with Crippen molar-refractivity contribution in [1.82, 2.24) is 0 Å². The van der Waals surface area contributed by atoms with Crippen LogP contribution in [0.4, 0.5) is 0 Å². The molecule has 0 atom stereocenters. The Bertz CT molecular complexity index is 112. The smallest absolute Gasteiger partial charge is 0.239 e. The van der Waals surface area contributed by atoms with Crippen LogP contribution in [0.25, 0.3) is 0 Å². The molecule has 1 fully saturated rings. The first-order valence-corrected chi connectivity index (χ1v) is 6.80. The van der Waals surface area contributed by atoms with Crippen LogP contribution in [0.5, 0.6) is 0 Å². The van der Waals surface area contributed by atoms with Crippen LogP contribution in [-0.4, -0.2) is 36.2 Å². The first kappa shape index (κ1) is 11.8. The molecule has 0 saturated carbocycles. The zero-order valence-corrected chi connectivity index (χ0v) is 8.45. The molecule has 0 aromatic rings. The van der Waals surface area contributed by atoms with Gasteiger partial charge in [0.1, 0.15) is 0 Å². The number of hydrogen-bond acceptors (Lipinski definition) is 3. The van der Waals surface area contributed by atoms with Crippen LogP contribution in [0.1, 0.15) is 0 Å². The van der Waals surface area contributed by atoms with Crippen molar-refractivity contribution in [3.63, 3.8) is 0 Å². The third kappa shape index (κ3) is 18.1. The van der Waals surface area contributed by atoms with Crippen LogP contribution in [-0.2, 0) is 21.3 Å². The average molecular weight is 218 g/mol. The van der Waals surface area contributed by atoms with Crippen molar-refractivity contribution in [2.24, 2.45) is 0 Å². The maximum Gasteiger partial charge on any atom is 0.239 e. The minimum Gasteiger partial charge on any atom is -0.377 e. The summed E-state index contributed by atoms with van der Waals surface area (Å²) in [6.07, 6.45) is 0. The predicted octanol–water partition coefficient (Wildman–Crippen LogP) is 0.158. The molecule has 0 aromatic carbocycles. The Morgan fingerprint density at radius 3 is 1.36 bits per heavy atom. The van der Waals surface area contributed by atoms with E-state index in [1.807, 2.05) is 0 Å². The Morgan fingerprint density at radius 2 is 1.27 bits per heavy atom. The summed E-state index contributed by atoms with van der Waals surface area (Å²) in [6, 6.07) is 0. The zero-order valence-electron chi connectivity index (χ0n) is 5.84. The van der Waals surface area contributed by atoms with E-state index in [0.717, 1.165) is 26.4 Å². The molecule has 0 unspecified atom stereocenters. The molecule has 7 heteroatoms. The standard InChI is InChI=1S/C4H8O2.H3O2PS2/c1-2-6-4-3-5-1;1-3(2,4)5/h1-4H2;(H3,1,2,4,5). The summed E-state index contributed by atoms with van der Waals surface area (Å²) >= 11 is 7.07. The van der Waals surface area contributed by atoms with Crippen molar-refractivity contribution in [2.45, 2.75) is 0 Å². The molecule has 1 rings (SSSR count). The second-order valence-electron chi connectivity index (χ2n) is 1.74. The van der Waals surface area contributed by atoms with Gasteiger partial charge in [-0.3, -0.25) is 0 Å². The van der Waals surface area contributed by atoms with E-state index in [4.69, 9.17) is 19.3 Å². The Labute approximate surface area is 75.8 Å². The number of thiol groups is 1. The highest BCUT2D eigenvalue weighted by molar-refractivity contribution is 8.59. The summed E-state index contributed by atoms with van der Waals surface area (Å²) in [5.74, 6) is 0. The average Bonchev–Trinajstić information content (AvgIpc) is 1.88. The highest BCUT2D eigenvalue weighted by Gasteiger charge is 1.94. The van der Waals surface area contributed by atoms with Gasteiger partial charge in [-0.25, -0.2) is 0 Å². The summed E-state index contributed by atoms with van der Waals surface area (Å²) in [4.78, 5) is 15.7. The van der Waals surface area contributed by atoms with Gasteiger partial charge in [0, 0.05) is 0 Å². The number of rotatable bonds is 0. The minimum absolute atomic E-state index is 0.778. The van der Waals surface area contributed by atoms with E-state index in [0.29, 0.717) is 0 Å². The maximum absolute atomic E-state index is 7.87. The summed E-state index contributed by atoms with van der Waals surface area (Å²) in [5, 5.41) is 0. The summed E-state index contributed by atoms with van der Waals surface area (Å²) < 4.78 is 9.89. The third-order valence-electron chi connectivity index (χ3n) is 0.744. The van der Waals surface area contributed by atoms with Crippen LogP contribution < -0.4 is 0 Å². The van der Waals surface area contributed by atoms with Crippen LogP contribution >= 0.6 is 17.9 Å². The summed E-state index contributed by atoms with van der Waals surface area (Å²) in [6.45, 7) is 3.11.